The fourth-order valence-electron chi connectivity index (χ4n) is 0.868. The van der Waals surface area contributed by atoms with Gasteiger partial charge in [-0.3, -0.25) is 10.8 Å². The summed E-state index contributed by atoms with van der Waals surface area (Å²) < 4.78 is 17.8. The summed E-state index contributed by atoms with van der Waals surface area (Å²) >= 11 is 0.804. The van der Waals surface area contributed by atoms with E-state index in [1.807, 2.05) is 0 Å². The molecule has 0 atom stereocenters. The van der Waals surface area contributed by atoms with Crippen LogP contribution in [0.3, 0.4) is 0 Å². The van der Waals surface area contributed by atoms with Crippen molar-refractivity contribution in [1.29, 1.82) is 10.8 Å². The minimum Gasteiger partial charge on any atom is -0.487 e. The van der Waals surface area contributed by atoms with Crippen molar-refractivity contribution in [3.63, 3.8) is 0 Å². The summed E-state index contributed by atoms with van der Waals surface area (Å²) in [6, 6.07) is 5.65. The summed E-state index contributed by atoms with van der Waals surface area (Å²) in [6.45, 7) is -0.0201. The number of amidine groups is 1. The molecule has 0 aromatic heterocycles. The van der Waals surface area contributed by atoms with Crippen molar-refractivity contribution in [3.8, 4) is 5.75 Å². The summed E-state index contributed by atoms with van der Waals surface area (Å²) in [7, 11) is 0. The average Bonchev–Trinajstić information content (AvgIpc) is 2.14. The Morgan fingerprint density at radius 1 is 1.47 bits per heavy atom. The third kappa shape index (κ3) is 4.46. The molecule has 0 radical (unpaired) electrons. The molecule has 0 bridgehead atoms. The molecule has 0 saturated heterocycles. The van der Waals surface area contributed by atoms with Gasteiger partial charge < -0.3 is 10.5 Å². The molecule has 1 rings (SSSR count). The molecule has 0 aliphatic carbocycles. The van der Waals surface area contributed by atoms with Gasteiger partial charge in [-0.05, 0) is 23.9 Å². The number of nitrogens with one attached hydrogen (secondary N) is 2. The van der Waals surface area contributed by atoms with Crippen LogP contribution in [0.1, 0.15) is 0 Å². The molecule has 0 spiro atoms. The quantitative estimate of drug-likeness (QED) is 0.544. The fourth-order valence-corrected chi connectivity index (χ4v) is 1.25. The summed E-state index contributed by atoms with van der Waals surface area (Å²) in [5.41, 5.74) is 5.08. The third-order valence-electron chi connectivity index (χ3n) is 1.40. The highest BCUT2D eigenvalue weighted by molar-refractivity contribution is 8.26. The van der Waals surface area contributed by atoms with Crippen LogP contribution in [-0.4, -0.2) is 16.8 Å². The fraction of sp³-hybridized carbons (Fsp3) is 0.111. The van der Waals surface area contributed by atoms with E-state index in [1.165, 1.54) is 18.2 Å². The van der Waals surface area contributed by atoms with Crippen molar-refractivity contribution in [2.45, 2.75) is 0 Å². The smallest absolute Gasteiger partial charge is 0.157 e. The first-order valence-electron chi connectivity index (χ1n) is 4.05. The maximum absolute atomic E-state index is 12.7. The van der Waals surface area contributed by atoms with Gasteiger partial charge in [0.15, 0.2) is 5.17 Å². The molecule has 4 N–H and O–H groups in total. The molecule has 1 aromatic carbocycles. The molecule has 15 heavy (non-hydrogen) atoms. The van der Waals surface area contributed by atoms with Crippen LogP contribution in [0.5, 0.6) is 5.75 Å². The highest BCUT2D eigenvalue weighted by Gasteiger charge is 2.02. The molecule has 80 valence electrons. The molecule has 0 amide bonds. The Bertz CT molecular complexity index is 383. The van der Waals surface area contributed by atoms with Gasteiger partial charge >= 0.3 is 0 Å². The van der Waals surface area contributed by atoms with Gasteiger partial charge in [-0.25, -0.2) is 4.39 Å². The molecule has 0 aliphatic heterocycles. The van der Waals surface area contributed by atoms with Gasteiger partial charge in [0.25, 0.3) is 0 Å². The van der Waals surface area contributed by atoms with E-state index >= 15 is 0 Å². The van der Waals surface area contributed by atoms with Gasteiger partial charge in [0, 0.05) is 6.07 Å². The number of nitrogens with two attached hydrogens (primary N) is 1. The second-order valence-electron chi connectivity index (χ2n) is 2.64. The minimum atomic E-state index is -0.391. The van der Waals surface area contributed by atoms with Crippen LogP contribution in [0.2, 0.25) is 0 Å². The van der Waals surface area contributed by atoms with Crippen LogP contribution in [0, 0.1) is 16.6 Å². The number of halogens is 1. The zero-order chi connectivity index (χ0) is 11.3. The highest BCUT2D eigenvalue weighted by Crippen LogP contribution is 2.12. The highest BCUT2D eigenvalue weighted by atomic mass is 32.2. The number of rotatable bonds is 3. The number of hydrogen-bond acceptors (Lipinski definition) is 4. The number of benzene rings is 1. The lowest BCUT2D eigenvalue weighted by Gasteiger charge is -2.05. The van der Waals surface area contributed by atoms with E-state index in [2.05, 4.69) is 0 Å². The maximum Gasteiger partial charge on any atom is 0.157 e. The Labute approximate surface area is 90.6 Å². The zero-order valence-corrected chi connectivity index (χ0v) is 8.60. The first kappa shape index (κ1) is 11.5. The van der Waals surface area contributed by atoms with Crippen LogP contribution in [0.15, 0.2) is 24.3 Å². The van der Waals surface area contributed by atoms with Crippen LogP contribution in [0.4, 0.5) is 4.39 Å². The minimum absolute atomic E-state index is 0.0201. The predicted octanol–water partition coefficient (Wildman–Crippen LogP) is 1.81. The molecule has 0 aliphatic rings. The van der Waals surface area contributed by atoms with Crippen molar-refractivity contribution in [3.05, 3.63) is 30.1 Å². The van der Waals surface area contributed by atoms with Crippen LogP contribution >= 0.6 is 11.8 Å². The normalized spacial score (nSPS) is 9.67. The van der Waals surface area contributed by atoms with Gasteiger partial charge in [-0.2, -0.15) is 0 Å². The van der Waals surface area contributed by atoms with Crippen molar-refractivity contribution in [1.82, 2.24) is 0 Å². The molecule has 0 unspecified atom stereocenters. The molecule has 6 heteroatoms. The Kier molecular flexibility index (Phi) is 4.11. The topological polar surface area (TPSA) is 83.0 Å². The second-order valence-corrected chi connectivity index (χ2v) is 3.77. The SMILES string of the molecule is N=C(N)SC(=N)COc1cccc(F)c1. The summed E-state index contributed by atoms with van der Waals surface area (Å²) in [5, 5.41) is 14.2. The Morgan fingerprint density at radius 2 is 2.20 bits per heavy atom. The first-order valence-corrected chi connectivity index (χ1v) is 4.87. The Balaban J connectivity index is 2.43. The van der Waals surface area contributed by atoms with E-state index in [0.29, 0.717) is 5.75 Å². The summed E-state index contributed by atoms with van der Waals surface area (Å²) in [5.74, 6) is -0.0397. The van der Waals surface area contributed by atoms with E-state index in [9.17, 15) is 4.39 Å². The number of thioether (sulfide) groups is 1. The molecular formula is C9H10FN3OS. The van der Waals surface area contributed by atoms with Crippen LogP contribution < -0.4 is 10.5 Å². The standard InChI is InChI=1S/C9H10FN3OS/c10-6-2-1-3-7(4-6)14-5-8(11)15-9(12)13/h1-4,11H,5H2,(H3,12,13). The molecule has 4 nitrogen and oxygen atoms in total. The van der Waals surface area contributed by atoms with E-state index in [0.717, 1.165) is 11.8 Å². The summed E-state index contributed by atoms with van der Waals surface area (Å²) in [4.78, 5) is 0. The van der Waals surface area contributed by atoms with E-state index in [-0.39, 0.29) is 16.8 Å². The number of hydrogen-bond donors (Lipinski definition) is 3. The molecule has 0 fully saturated rings. The third-order valence-corrected chi connectivity index (χ3v) is 1.98. The van der Waals surface area contributed by atoms with Crippen molar-refractivity contribution >= 4 is 22.0 Å². The predicted molar refractivity (Wildman–Crippen MR) is 59.1 cm³/mol. The Hall–Kier alpha value is -1.56. The average molecular weight is 227 g/mol. The first-order chi connectivity index (χ1) is 7.08. The van der Waals surface area contributed by atoms with Gasteiger partial charge in [0.2, 0.25) is 0 Å². The largest absolute Gasteiger partial charge is 0.487 e. The van der Waals surface area contributed by atoms with E-state index < -0.39 is 5.82 Å². The van der Waals surface area contributed by atoms with Gasteiger partial charge in [0.1, 0.15) is 23.2 Å². The molecule has 0 heterocycles. The maximum atomic E-state index is 12.7. The zero-order valence-electron chi connectivity index (χ0n) is 7.79. The van der Waals surface area contributed by atoms with E-state index in [1.54, 1.807) is 6.07 Å². The molecule has 0 saturated carbocycles. The van der Waals surface area contributed by atoms with Crippen LogP contribution in [0.25, 0.3) is 0 Å². The lowest BCUT2D eigenvalue weighted by atomic mass is 10.3. The second kappa shape index (κ2) is 5.35. The number of ether oxygens (including phenoxy) is 1. The van der Waals surface area contributed by atoms with Crippen LogP contribution in [-0.2, 0) is 0 Å². The summed E-state index contributed by atoms with van der Waals surface area (Å²) in [6.07, 6.45) is 0. The monoisotopic (exact) mass is 227 g/mol. The molecular weight excluding hydrogens is 217 g/mol. The van der Waals surface area contributed by atoms with Gasteiger partial charge in [-0.15, -0.1) is 0 Å². The van der Waals surface area contributed by atoms with E-state index in [4.69, 9.17) is 21.3 Å². The lowest BCUT2D eigenvalue weighted by molar-refractivity contribution is 0.376. The van der Waals surface area contributed by atoms with Crippen molar-refractivity contribution in [2.75, 3.05) is 6.61 Å². The Morgan fingerprint density at radius 3 is 2.80 bits per heavy atom. The van der Waals surface area contributed by atoms with Gasteiger partial charge in [0.05, 0.1) is 0 Å². The molecule has 1 aromatic rings. The lowest BCUT2D eigenvalue weighted by Crippen LogP contribution is -2.13. The van der Waals surface area contributed by atoms with Gasteiger partial charge in [-0.1, -0.05) is 6.07 Å². The van der Waals surface area contributed by atoms with Crippen molar-refractivity contribution < 1.29 is 9.13 Å². The van der Waals surface area contributed by atoms with Crippen molar-refractivity contribution in [2.24, 2.45) is 5.73 Å².